The molecule has 2 aromatic heterocycles. The standard InChI is InChI=1S/C11H15N3S2/c1-8-11(16-7-13-8)10(14-12)3-2-9-4-5-15-6-9/h4-7,10,14H,2-3,12H2,1H3. The Morgan fingerprint density at radius 1 is 1.56 bits per heavy atom. The number of hydrogen-bond donors (Lipinski definition) is 2. The van der Waals surface area contributed by atoms with Crippen molar-refractivity contribution in [3.8, 4) is 0 Å². The normalized spacial score (nSPS) is 12.9. The lowest BCUT2D eigenvalue weighted by Gasteiger charge is -2.14. The Kier molecular flexibility index (Phi) is 4.06. The SMILES string of the molecule is Cc1ncsc1C(CCc1ccsc1)NN. The first-order valence-corrected chi connectivity index (χ1v) is 7.00. The number of nitrogens with two attached hydrogens (primary N) is 1. The molecule has 0 saturated heterocycles. The Balaban J connectivity index is 1.99. The van der Waals surface area contributed by atoms with E-state index in [4.69, 9.17) is 5.84 Å². The maximum atomic E-state index is 5.60. The van der Waals surface area contributed by atoms with Crippen LogP contribution in [0.4, 0.5) is 0 Å². The van der Waals surface area contributed by atoms with Gasteiger partial charge in [0.2, 0.25) is 0 Å². The van der Waals surface area contributed by atoms with E-state index in [2.05, 4.69) is 27.2 Å². The Labute approximate surface area is 103 Å². The highest BCUT2D eigenvalue weighted by Gasteiger charge is 2.14. The first-order valence-electron chi connectivity index (χ1n) is 5.18. The third kappa shape index (κ3) is 2.68. The van der Waals surface area contributed by atoms with Gasteiger partial charge in [-0.1, -0.05) is 0 Å². The smallest absolute Gasteiger partial charge is 0.0798 e. The van der Waals surface area contributed by atoms with E-state index in [0.29, 0.717) is 0 Å². The fourth-order valence-corrected chi connectivity index (χ4v) is 3.28. The van der Waals surface area contributed by atoms with E-state index in [1.165, 1.54) is 10.4 Å². The van der Waals surface area contributed by atoms with Gasteiger partial charge in [0.05, 0.1) is 17.2 Å². The molecule has 5 heteroatoms. The fourth-order valence-electron chi connectivity index (χ4n) is 1.68. The van der Waals surface area contributed by atoms with Gasteiger partial charge in [-0.05, 0) is 42.2 Å². The largest absolute Gasteiger partial charge is 0.271 e. The Hall–Kier alpha value is -0.750. The zero-order valence-electron chi connectivity index (χ0n) is 9.14. The molecule has 2 rings (SSSR count). The molecule has 1 atom stereocenters. The number of thiophene rings is 1. The molecule has 0 aromatic carbocycles. The minimum absolute atomic E-state index is 0.215. The molecular weight excluding hydrogens is 238 g/mol. The summed E-state index contributed by atoms with van der Waals surface area (Å²) in [7, 11) is 0. The fraction of sp³-hybridized carbons (Fsp3) is 0.364. The number of hydrazine groups is 1. The molecule has 0 aliphatic carbocycles. The summed E-state index contributed by atoms with van der Waals surface area (Å²) in [6.45, 7) is 2.03. The van der Waals surface area contributed by atoms with Crippen LogP contribution in [0, 0.1) is 6.92 Å². The van der Waals surface area contributed by atoms with Gasteiger partial charge in [0.1, 0.15) is 0 Å². The second-order valence-corrected chi connectivity index (χ2v) is 5.36. The van der Waals surface area contributed by atoms with Crippen LogP contribution in [0.1, 0.15) is 28.6 Å². The van der Waals surface area contributed by atoms with Crippen LogP contribution < -0.4 is 11.3 Å². The molecule has 0 bridgehead atoms. The van der Waals surface area contributed by atoms with E-state index in [0.717, 1.165) is 18.5 Å². The van der Waals surface area contributed by atoms with E-state index in [1.54, 1.807) is 22.7 Å². The molecular formula is C11H15N3S2. The third-order valence-corrected chi connectivity index (χ3v) is 4.38. The molecule has 3 N–H and O–H groups in total. The first kappa shape index (κ1) is 11.7. The van der Waals surface area contributed by atoms with Crippen LogP contribution in [0.5, 0.6) is 0 Å². The molecule has 2 aromatic rings. The summed E-state index contributed by atoms with van der Waals surface area (Å²) in [5.74, 6) is 5.60. The average Bonchev–Trinajstić information content (AvgIpc) is 2.92. The van der Waals surface area contributed by atoms with Crippen LogP contribution in [0.25, 0.3) is 0 Å². The lowest BCUT2D eigenvalue weighted by Crippen LogP contribution is -2.28. The Morgan fingerprint density at radius 3 is 3.00 bits per heavy atom. The predicted octanol–water partition coefficient (Wildman–Crippen LogP) is 2.65. The second kappa shape index (κ2) is 5.54. The van der Waals surface area contributed by atoms with Gasteiger partial charge in [0.15, 0.2) is 0 Å². The molecule has 86 valence electrons. The van der Waals surface area contributed by atoms with Crippen LogP contribution in [-0.4, -0.2) is 4.98 Å². The summed E-state index contributed by atoms with van der Waals surface area (Å²) >= 11 is 3.41. The van der Waals surface area contributed by atoms with Crippen molar-refractivity contribution in [1.29, 1.82) is 0 Å². The monoisotopic (exact) mass is 253 g/mol. The molecule has 0 radical (unpaired) electrons. The van der Waals surface area contributed by atoms with Crippen molar-refractivity contribution in [3.05, 3.63) is 38.5 Å². The number of thiazole rings is 1. The summed E-state index contributed by atoms with van der Waals surface area (Å²) in [5, 5.41) is 4.30. The second-order valence-electron chi connectivity index (χ2n) is 3.69. The Bertz CT molecular complexity index is 422. The van der Waals surface area contributed by atoms with Crippen LogP contribution >= 0.6 is 22.7 Å². The van der Waals surface area contributed by atoms with Crippen LogP contribution in [-0.2, 0) is 6.42 Å². The maximum absolute atomic E-state index is 5.60. The lowest BCUT2D eigenvalue weighted by molar-refractivity contribution is 0.521. The molecule has 0 saturated carbocycles. The first-order chi connectivity index (χ1) is 7.81. The van der Waals surface area contributed by atoms with Crippen LogP contribution in [0.15, 0.2) is 22.3 Å². The van der Waals surface area contributed by atoms with Gasteiger partial charge in [0, 0.05) is 4.88 Å². The number of nitrogens with one attached hydrogen (secondary N) is 1. The van der Waals surface area contributed by atoms with E-state index in [1.807, 2.05) is 12.4 Å². The molecule has 0 aliphatic rings. The zero-order chi connectivity index (χ0) is 11.4. The molecule has 2 heterocycles. The molecule has 1 unspecified atom stereocenters. The van der Waals surface area contributed by atoms with E-state index in [9.17, 15) is 0 Å². The number of nitrogens with zero attached hydrogens (tertiary/aromatic N) is 1. The van der Waals surface area contributed by atoms with Crippen LogP contribution in [0.3, 0.4) is 0 Å². The van der Waals surface area contributed by atoms with Gasteiger partial charge >= 0.3 is 0 Å². The zero-order valence-corrected chi connectivity index (χ0v) is 10.8. The number of aromatic nitrogens is 1. The highest BCUT2D eigenvalue weighted by atomic mass is 32.1. The van der Waals surface area contributed by atoms with E-state index < -0.39 is 0 Å². The van der Waals surface area contributed by atoms with Gasteiger partial charge in [-0.15, -0.1) is 11.3 Å². The van der Waals surface area contributed by atoms with Crippen molar-refractivity contribution in [2.75, 3.05) is 0 Å². The van der Waals surface area contributed by atoms with Crippen molar-refractivity contribution < 1.29 is 0 Å². The Morgan fingerprint density at radius 2 is 2.44 bits per heavy atom. The van der Waals surface area contributed by atoms with Gasteiger partial charge in [-0.3, -0.25) is 11.3 Å². The molecule has 0 aliphatic heterocycles. The quantitative estimate of drug-likeness (QED) is 0.636. The van der Waals surface area contributed by atoms with E-state index >= 15 is 0 Å². The van der Waals surface area contributed by atoms with Gasteiger partial charge in [-0.2, -0.15) is 11.3 Å². The van der Waals surface area contributed by atoms with Crippen molar-refractivity contribution in [3.63, 3.8) is 0 Å². The van der Waals surface area contributed by atoms with Gasteiger partial charge in [0.25, 0.3) is 0 Å². The highest BCUT2D eigenvalue weighted by Crippen LogP contribution is 2.25. The number of aryl methyl sites for hydroxylation is 2. The van der Waals surface area contributed by atoms with Gasteiger partial charge < -0.3 is 0 Å². The molecule has 0 spiro atoms. The number of hydrogen-bond acceptors (Lipinski definition) is 5. The average molecular weight is 253 g/mol. The number of rotatable bonds is 5. The van der Waals surface area contributed by atoms with Crippen molar-refractivity contribution in [1.82, 2.24) is 10.4 Å². The molecule has 0 fully saturated rings. The highest BCUT2D eigenvalue weighted by molar-refractivity contribution is 7.09. The summed E-state index contributed by atoms with van der Waals surface area (Å²) in [6, 6.07) is 2.38. The summed E-state index contributed by atoms with van der Waals surface area (Å²) in [4.78, 5) is 5.50. The molecule has 0 amide bonds. The summed E-state index contributed by atoms with van der Waals surface area (Å²) < 4.78 is 0. The van der Waals surface area contributed by atoms with Gasteiger partial charge in [-0.25, -0.2) is 4.98 Å². The van der Waals surface area contributed by atoms with E-state index in [-0.39, 0.29) is 6.04 Å². The van der Waals surface area contributed by atoms with Crippen molar-refractivity contribution in [2.24, 2.45) is 5.84 Å². The lowest BCUT2D eigenvalue weighted by atomic mass is 10.1. The topological polar surface area (TPSA) is 50.9 Å². The predicted molar refractivity (Wildman–Crippen MR) is 69.6 cm³/mol. The summed E-state index contributed by atoms with van der Waals surface area (Å²) in [6.07, 6.45) is 2.06. The van der Waals surface area contributed by atoms with Crippen molar-refractivity contribution >= 4 is 22.7 Å². The molecule has 3 nitrogen and oxygen atoms in total. The minimum Gasteiger partial charge on any atom is -0.271 e. The molecule has 16 heavy (non-hydrogen) atoms. The summed E-state index contributed by atoms with van der Waals surface area (Å²) in [5.41, 5.74) is 7.22. The van der Waals surface area contributed by atoms with Crippen molar-refractivity contribution in [2.45, 2.75) is 25.8 Å². The minimum atomic E-state index is 0.215. The maximum Gasteiger partial charge on any atom is 0.0798 e. The third-order valence-electron chi connectivity index (χ3n) is 2.60. The van der Waals surface area contributed by atoms with Crippen LogP contribution in [0.2, 0.25) is 0 Å².